The minimum atomic E-state index is -4.69. The van der Waals surface area contributed by atoms with E-state index in [9.17, 15) is 17.6 Å². The molecular weight excluding hydrogens is 164 g/mol. The summed E-state index contributed by atoms with van der Waals surface area (Å²) in [6.07, 6.45) is -4.69. The first-order chi connectivity index (χ1) is 4.63. The van der Waals surface area contributed by atoms with Gasteiger partial charge in [0.25, 0.3) is 0 Å². The molecule has 0 atom stereocenters. The molecule has 0 N–H and O–H groups in total. The number of allylic oxidation sites excluding steroid dienone is 1. The Kier molecular flexibility index (Phi) is 2.53. The lowest BCUT2D eigenvalue weighted by Crippen LogP contribution is -2.23. The molecule has 5 heteroatoms. The van der Waals surface area contributed by atoms with Crippen LogP contribution in [0.1, 0.15) is 13.8 Å². The van der Waals surface area contributed by atoms with Crippen LogP contribution in [0.3, 0.4) is 0 Å². The van der Waals surface area contributed by atoms with Crippen LogP contribution in [0.2, 0.25) is 0 Å². The van der Waals surface area contributed by atoms with E-state index in [1.165, 1.54) is 0 Å². The van der Waals surface area contributed by atoms with Gasteiger partial charge in [0.2, 0.25) is 5.85 Å². The predicted molar refractivity (Wildman–Crippen MR) is 31.5 cm³/mol. The average Bonchev–Trinajstić information content (AvgIpc) is 1.56. The van der Waals surface area contributed by atoms with Crippen molar-refractivity contribution in [3.05, 3.63) is 12.3 Å². The molecule has 0 spiro atoms. The molecule has 0 aliphatic heterocycles. The van der Waals surface area contributed by atoms with E-state index in [4.69, 9.17) is 0 Å². The number of halogens is 4. The van der Waals surface area contributed by atoms with Crippen LogP contribution >= 0.6 is 0 Å². The van der Waals surface area contributed by atoms with Crippen LogP contribution in [-0.4, -0.2) is 12.0 Å². The topological polar surface area (TPSA) is 9.23 Å². The highest BCUT2D eigenvalue weighted by atomic mass is 19.4. The van der Waals surface area contributed by atoms with E-state index in [2.05, 4.69) is 11.3 Å². The van der Waals surface area contributed by atoms with Gasteiger partial charge in [-0.1, -0.05) is 6.58 Å². The van der Waals surface area contributed by atoms with Gasteiger partial charge in [-0.15, -0.1) is 0 Å². The van der Waals surface area contributed by atoms with Gasteiger partial charge in [0.1, 0.15) is 0 Å². The molecule has 0 fully saturated rings. The summed E-state index contributed by atoms with van der Waals surface area (Å²) in [5.41, 5.74) is 0. The van der Waals surface area contributed by atoms with Crippen molar-refractivity contribution in [2.45, 2.75) is 25.9 Å². The van der Waals surface area contributed by atoms with Crippen molar-refractivity contribution < 1.29 is 22.3 Å². The Labute approximate surface area is 61.7 Å². The summed E-state index contributed by atoms with van der Waals surface area (Å²) < 4.78 is 51.0. The highest BCUT2D eigenvalue weighted by Crippen LogP contribution is 2.28. The van der Waals surface area contributed by atoms with E-state index in [1.54, 1.807) is 0 Å². The van der Waals surface area contributed by atoms with Crippen molar-refractivity contribution in [1.29, 1.82) is 0 Å². The van der Waals surface area contributed by atoms with Crippen LogP contribution in [0.25, 0.3) is 0 Å². The van der Waals surface area contributed by atoms with Crippen molar-refractivity contribution in [3.8, 4) is 0 Å². The Bertz CT molecular complexity index is 153. The first kappa shape index (κ1) is 10.3. The zero-order valence-electron chi connectivity index (χ0n) is 6.13. The van der Waals surface area contributed by atoms with Gasteiger partial charge < -0.3 is 4.74 Å². The molecule has 0 aliphatic rings. The highest BCUT2D eigenvalue weighted by molar-refractivity contribution is 4.93. The third-order valence-corrected chi connectivity index (χ3v) is 0.682. The normalized spacial score (nSPS) is 12.9. The molecule has 0 aromatic carbocycles. The molecule has 0 aliphatic carbocycles. The second-order valence-electron chi connectivity index (χ2n) is 2.39. The van der Waals surface area contributed by atoms with E-state index < -0.39 is 17.8 Å². The van der Waals surface area contributed by atoms with Crippen molar-refractivity contribution in [1.82, 2.24) is 0 Å². The van der Waals surface area contributed by atoms with Gasteiger partial charge in [0.05, 0.1) is 0 Å². The van der Waals surface area contributed by atoms with Gasteiger partial charge in [0.15, 0.2) is 5.76 Å². The lowest BCUT2D eigenvalue weighted by Gasteiger charge is -2.19. The molecule has 0 amide bonds. The summed E-state index contributed by atoms with van der Waals surface area (Å²) in [6.45, 7) is 4.25. The second kappa shape index (κ2) is 2.71. The third-order valence-electron chi connectivity index (χ3n) is 0.682. The second-order valence-corrected chi connectivity index (χ2v) is 2.39. The monoisotopic (exact) mass is 172 g/mol. The maximum Gasteiger partial charge on any atom is 0.448 e. The first-order valence-electron chi connectivity index (χ1n) is 2.77. The van der Waals surface area contributed by atoms with Gasteiger partial charge in [0, 0.05) is 13.8 Å². The summed E-state index contributed by atoms with van der Waals surface area (Å²) in [7, 11) is 0. The molecule has 0 rings (SSSR count). The van der Waals surface area contributed by atoms with Gasteiger partial charge in [-0.05, 0) is 0 Å². The number of rotatable bonds is 2. The summed E-state index contributed by atoms with van der Waals surface area (Å²) >= 11 is 0. The Morgan fingerprint density at radius 1 is 1.18 bits per heavy atom. The third kappa shape index (κ3) is 4.64. The molecule has 1 nitrogen and oxygen atoms in total. The summed E-state index contributed by atoms with van der Waals surface area (Å²) in [5, 5.41) is 0. The largest absolute Gasteiger partial charge is 0.454 e. The number of alkyl halides is 4. The van der Waals surface area contributed by atoms with Gasteiger partial charge >= 0.3 is 6.18 Å². The van der Waals surface area contributed by atoms with Crippen molar-refractivity contribution in [2.24, 2.45) is 0 Å². The van der Waals surface area contributed by atoms with Gasteiger partial charge in [-0.3, -0.25) is 0 Å². The predicted octanol–water partition coefficient (Wildman–Crippen LogP) is 2.78. The lowest BCUT2D eigenvalue weighted by molar-refractivity contribution is -0.179. The SMILES string of the molecule is C=C(OC(C)(C)F)C(F)(F)F. The van der Waals surface area contributed by atoms with Crippen LogP contribution in [0.5, 0.6) is 0 Å². The molecule has 0 bridgehead atoms. The Morgan fingerprint density at radius 2 is 1.55 bits per heavy atom. The molecule has 11 heavy (non-hydrogen) atoms. The maximum absolute atomic E-state index is 12.4. The van der Waals surface area contributed by atoms with E-state index in [1.807, 2.05) is 0 Å². The fourth-order valence-electron chi connectivity index (χ4n) is 0.351. The van der Waals surface area contributed by atoms with E-state index in [0.29, 0.717) is 0 Å². The molecular formula is C6H8F4O. The fourth-order valence-corrected chi connectivity index (χ4v) is 0.351. The van der Waals surface area contributed by atoms with Crippen molar-refractivity contribution in [3.63, 3.8) is 0 Å². The van der Waals surface area contributed by atoms with Crippen LogP contribution in [-0.2, 0) is 4.74 Å². The average molecular weight is 172 g/mol. The molecule has 0 radical (unpaired) electrons. The Morgan fingerprint density at radius 3 is 1.64 bits per heavy atom. The molecule has 0 saturated carbocycles. The number of hydrogen-bond donors (Lipinski definition) is 0. The van der Waals surface area contributed by atoms with E-state index >= 15 is 0 Å². The fraction of sp³-hybridized carbons (Fsp3) is 0.667. The molecule has 0 heterocycles. The van der Waals surface area contributed by atoms with Crippen molar-refractivity contribution in [2.75, 3.05) is 0 Å². The Hall–Kier alpha value is -0.740. The molecule has 0 aromatic rings. The first-order valence-corrected chi connectivity index (χ1v) is 2.77. The minimum Gasteiger partial charge on any atom is -0.454 e. The van der Waals surface area contributed by atoms with Crippen molar-refractivity contribution >= 4 is 0 Å². The summed E-state index contributed by atoms with van der Waals surface area (Å²) in [6, 6.07) is 0. The minimum absolute atomic E-state index is 0.865. The molecule has 0 unspecified atom stereocenters. The van der Waals surface area contributed by atoms with Crippen LogP contribution in [0.4, 0.5) is 17.6 Å². The zero-order chi connectivity index (χ0) is 9.28. The van der Waals surface area contributed by atoms with Gasteiger partial charge in [-0.25, -0.2) is 0 Å². The van der Waals surface area contributed by atoms with Crippen LogP contribution in [0.15, 0.2) is 12.3 Å². The van der Waals surface area contributed by atoms with Gasteiger partial charge in [-0.2, -0.15) is 17.6 Å². The molecule has 66 valence electrons. The number of ether oxygens (including phenoxy) is 1. The number of hydrogen-bond acceptors (Lipinski definition) is 1. The molecule has 0 aromatic heterocycles. The van der Waals surface area contributed by atoms with E-state index in [-0.39, 0.29) is 0 Å². The maximum atomic E-state index is 12.4. The van der Waals surface area contributed by atoms with Crippen LogP contribution in [0, 0.1) is 0 Å². The van der Waals surface area contributed by atoms with E-state index in [0.717, 1.165) is 13.8 Å². The Balaban J connectivity index is 4.11. The summed E-state index contributed by atoms with van der Waals surface area (Å²) in [5.74, 6) is -3.86. The smallest absolute Gasteiger partial charge is 0.448 e. The summed E-state index contributed by atoms with van der Waals surface area (Å²) in [4.78, 5) is 0. The lowest BCUT2D eigenvalue weighted by atomic mass is 10.4. The standard InChI is InChI=1S/C6H8F4O/c1-4(6(8,9)10)11-5(2,3)7/h1H2,2-3H3. The quantitative estimate of drug-likeness (QED) is 0.459. The van der Waals surface area contributed by atoms with Crippen LogP contribution < -0.4 is 0 Å². The highest BCUT2D eigenvalue weighted by Gasteiger charge is 2.37. The molecule has 0 saturated heterocycles. The zero-order valence-corrected chi connectivity index (χ0v) is 6.13.